The van der Waals surface area contributed by atoms with Gasteiger partial charge in [-0.25, -0.2) is 4.79 Å². The van der Waals surface area contributed by atoms with Crippen LogP contribution in [0.15, 0.2) is 0 Å². The van der Waals surface area contributed by atoms with Crippen LogP contribution in [0.3, 0.4) is 0 Å². The largest absolute Gasteiger partial charge is 0.396 e. The number of carbonyl (C=O) groups is 2. The van der Waals surface area contributed by atoms with Gasteiger partial charge in [0.05, 0.1) is 0 Å². The highest BCUT2D eigenvalue weighted by molar-refractivity contribution is 6.02. The van der Waals surface area contributed by atoms with E-state index in [9.17, 15) is 9.59 Å². The summed E-state index contributed by atoms with van der Waals surface area (Å²) in [6, 6.07) is -0.194. The molecule has 0 unspecified atom stereocenters. The number of aliphatic hydroxyl groups excluding tert-OH is 1. The molecule has 0 spiro atoms. The van der Waals surface area contributed by atoms with Crippen LogP contribution in [0, 0.1) is 5.41 Å². The van der Waals surface area contributed by atoms with Crippen molar-refractivity contribution in [3.63, 3.8) is 0 Å². The van der Waals surface area contributed by atoms with Gasteiger partial charge in [-0.2, -0.15) is 0 Å². The number of aliphatic hydroxyl groups is 1. The van der Waals surface area contributed by atoms with Crippen LogP contribution in [0.5, 0.6) is 0 Å². The van der Waals surface area contributed by atoms with Crippen molar-refractivity contribution in [2.75, 3.05) is 33.4 Å². The van der Waals surface area contributed by atoms with Crippen molar-refractivity contribution in [3.05, 3.63) is 0 Å². The molecule has 0 aliphatic carbocycles. The average molecular weight is 371 g/mol. The van der Waals surface area contributed by atoms with Crippen LogP contribution >= 0.6 is 0 Å². The van der Waals surface area contributed by atoms with Crippen LogP contribution in [0.1, 0.15) is 72.6 Å². The predicted molar refractivity (Wildman–Crippen MR) is 103 cm³/mol. The molecule has 6 heteroatoms. The van der Waals surface area contributed by atoms with Gasteiger partial charge in [-0.3, -0.25) is 9.69 Å². The number of ether oxygens (including phenoxy) is 1. The van der Waals surface area contributed by atoms with Crippen molar-refractivity contribution in [1.29, 1.82) is 0 Å². The number of nitrogens with zero attached hydrogens (tertiary/aromatic N) is 2. The highest BCUT2D eigenvalue weighted by Crippen LogP contribution is 2.27. The lowest BCUT2D eigenvalue weighted by atomic mass is 9.84. The standard InChI is InChI=1S/C20H38N2O4/c1-19(2,12-13-23)10-6-8-14-26-15-9-7-11-20(3,4)22-17(24)16-21(5)18(22)25/h23H,6-16H2,1-5H3. The van der Waals surface area contributed by atoms with Crippen LogP contribution in [0.4, 0.5) is 4.79 Å². The Balaban J connectivity index is 2.12. The Morgan fingerprint density at radius 1 is 0.962 bits per heavy atom. The van der Waals surface area contributed by atoms with Gasteiger partial charge in [-0.05, 0) is 57.8 Å². The molecular formula is C20H38N2O4. The molecule has 0 aromatic carbocycles. The Kier molecular flexibility index (Phi) is 9.04. The fraction of sp³-hybridized carbons (Fsp3) is 0.900. The van der Waals surface area contributed by atoms with E-state index in [4.69, 9.17) is 9.84 Å². The highest BCUT2D eigenvalue weighted by atomic mass is 16.5. The zero-order valence-corrected chi connectivity index (χ0v) is 17.3. The van der Waals surface area contributed by atoms with Crippen LogP contribution < -0.4 is 0 Å². The van der Waals surface area contributed by atoms with Gasteiger partial charge in [0.1, 0.15) is 6.54 Å². The fourth-order valence-corrected chi connectivity index (χ4v) is 3.43. The SMILES string of the molecule is CN1CC(=O)N(C(C)(C)CCCCOCCCCC(C)(C)CCO)C1=O. The normalized spacial score (nSPS) is 16.1. The molecule has 1 saturated heterocycles. The van der Waals surface area contributed by atoms with Gasteiger partial charge in [-0.1, -0.05) is 20.3 Å². The molecule has 1 rings (SSSR count). The smallest absolute Gasteiger partial charge is 0.327 e. The molecule has 0 bridgehead atoms. The second-order valence-corrected chi connectivity index (χ2v) is 8.84. The molecule has 0 aromatic heterocycles. The lowest BCUT2D eigenvalue weighted by Gasteiger charge is -2.33. The molecule has 1 fully saturated rings. The fourth-order valence-electron chi connectivity index (χ4n) is 3.43. The van der Waals surface area contributed by atoms with E-state index in [1.165, 1.54) is 9.80 Å². The van der Waals surface area contributed by atoms with E-state index in [1.807, 2.05) is 13.8 Å². The maximum atomic E-state index is 12.1. The van der Waals surface area contributed by atoms with Crippen LogP contribution in [-0.2, 0) is 9.53 Å². The molecule has 6 nitrogen and oxygen atoms in total. The summed E-state index contributed by atoms with van der Waals surface area (Å²) in [6.07, 6.45) is 6.77. The Morgan fingerprint density at radius 3 is 2.04 bits per heavy atom. The molecule has 3 amide bonds. The first-order chi connectivity index (χ1) is 12.1. The van der Waals surface area contributed by atoms with Gasteiger partial charge in [0.2, 0.25) is 0 Å². The summed E-state index contributed by atoms with van der Waals surface area (Å²) >= 11 is 0. The Bertz CT molecular complexity index is 463. The minimum Gasteiger partial charge on any atom is -0.396 e. The number of hydrogen-bond acceptors (Lipinski definition) is 4. The van der Waals surface area contributed by atoms with E-state index in [0.29, 0.717) is 0 Å². The van der Waals surface area contributed by atoms with Crippen molar-refractivity contribution in [2.45, 2.75) is 78.2 Å². The van der Waals surface area contributed by atoms with E-state index in [0.717, 1.165) is 58.2 Å². The lowest BCUT2D eigenvalue weighted by Crippen LogP contribution is -2.48. The monoisotopic (exact) mass is 370 g/mol. The Labute approximate surface area is 158 Å². The van der Waals surface area contributed by atoms with E-state index in [2.05, 4.69) is 13.8 Å². The predicted octanol–water partition coefficient (Wildman–Crippen LogP) is 3.42. The van der Waals surface area contributed by atoms with Crippen LogP contribution in [-0.4, -0.2) is 65.8 Å². The average Bonchev–Trinajstić information content (AvgIpc) is 2.78. The second kappa shape index (κ2) is 10.3. The molecule has 152 valence electrons. The molecule has 0 radical (unpaired) electrons. The number of amides is 3. The number of urea groups is 1. The van der Waals surface area contributed by atoms with Gasteiger partial charge in [0.15, 0.2) is 0 Å². The molecular weight excluding hydrogens is 332 g/mol. The third-order valence-electron chi connectivity index (χ3n) is 5.25. The summed E-state index contributed by atoms with van der Waals surface area (Å²) < 4.78 is 5.70. The summed E-state index contributed by atoms with van der Waals surface area (Å²) in [5.74, 6) is -0.108. The summed E-state index contributed by atoms with van der Waals surface area (Å²) in [7, 11) is 1.66. The number of likely N-dealkylation sites (N-methyl/N-ethyl adjacent to an activating group) is 1. The molecule has 1 N–H and O–H groups in total. The first-order valence-electron chi connectivity index (χ1n) is 9.87. The molecule has 26 heavy (non-hydrogen) atoms. The third kappa shape index (κ3) is 7.23. The van der Waals surface area contributed by atoms with Gasteiger partial charge in [0.25, 0.3) is 5.91 Å². The Morgan fingerprint density at radius 2 is 1.54 bits per heavy atom. The van der Waals surface area contributed by atoms with E-state index in [-0.39, 0.29) is 30.5 Å². The van der Waals surface area contributed by atoms with E-state index in [1.54, 1.807) is 7.05 Å². The first kappa shape index (κ1) is 22.9. The quantitative estimate of drug-likeness (QED) is 0.398. The maximum absolute atomic E-state index is 12.1. The van der Waals surface area contributed by atoms with Crippen molar-refractivity contribution in [2.24, 2.45) is 5.41 Å². The number of hydrogen-bond donors (Lipinski definition) is 1. The van der Waals surface area contributed by atoms with Gasteiger partial charge >= 0.3 is 6.03 Å². The lowest BCUT2D eigenvalue weighted by molar-refractivity contribution is -0.128. The zero-order chi connectivity index (χ0) is 19.8. The second-order valence-electron chi connectivity index (χ2n) is 8.84. The van der Waals surface area contributed by atoms with Crippen LogP contribution in [0.2, 0.25) is 0 Å². The van der Waals surface area contributed by atoms with E-state index < -0.39 is 5.54 Å². The summed E-state index contributed by atoms with van der Waals surface area (Å²) in [5, 5.41) is 9.03. The van der Waals surface area contributed by atoms with Crippen LogP contribution in [0.25, 0.3) is 0 Å². The zero-order valence-electron chi connectivity index (χ0n) is 17.3. The minimum atomic E-state index is -0.447. The summed E-state index contributed by atoms with van der Waals surface area (Å²) in [5.41, 5.74) is -0.240. The van der Waals surface area contributed by atoms with Crippen molar-refractivity contribution >= 4 is 11.9 Å². The molecule has 0 atom stereocenters. The summed E-state index contributed by atoms with van der Waals surface area (Å²) in [4.78, 5) is 27.0. The van der Waals surface area contributed by atoms with E-state index >= 15 is 0 Å². The van der Waals surface area contributed by atoms with Gasteiger partial charge in [-0.15, -0.1) is 0 Å². The number of carbonyl (C=O) groups excluding carboxylic acids is 2. The number of rotatable bonds is 13. The number of imide groups is 1. The highest BCUT2D eigenvalue weighted by Gasteiger charge is 2.42. The third-order valence-corrected chi connectivity index (χ3v) is 5.25. The molecule has 1 aliphatic heterocycles. The molecule has 1 aliphatic rings. The molecule has 0 aromatic rings. The number of unbranched alkanes of at least 4 members (excludes halogenated alkanes) is 2. The summed E-state index contributed by atoms with van der Waals surface area (Å²) in [6.45, 7) is 10.2. The minimum absolute atomic E-state index is 0.108. The molecule has 1 heterocycles. The van der Waals surface area contributed by atoms with Crippen molar-refractivity contribution in [1.82, 2.24) is 9.80 Å². The first-order valence-corrected chi connectivity index (χ1v) is 9.87. The maximum Gasteiger partial charge on any atom is 0.327 e. The van der Waals surface area contributed by atoms with Gasteiger partial charge < -0.3 is 14.7 Å². The van der Waals surface area contributed by atoms with Crippen molar-refractivity contribution in [3.8, 4) is 0 Å². The topological polar surface area (TPSA) is 70.1 Å². The Hall–Kier alpha value is -1.14. The molecule has 0 saturated carbocycles. The van der Waals surface area contributed by atoms with Crippen molar-refractivity contribution < 1.29 is 19.4 Å². The van der Waals surface area contributed by atoms with Gasteiger partial charge in [0, 0.05) is 32.4 Å².